The molecule has 1 N–H and O–H groups in total. The molecule has 1 aliphatic rings. The largest absolute Gasteiger partial charge is 0.378 e. The molecule has 1 fully saturated rings. The third-order valence-corrected chi connectivity index (χ3v) is 6.26. The van der Waals surface area contributed by atoms with E-state index in [1.807, 2.05) is 42.6 Å². The third kappa shape index (κ3) is 4.21. The first kappa shape index (κ1) is 18.2. The summed E-state index contributed by atoms with van der Waals surface area (Å²) in [6, 6.07) is 12.0. The molecule has 0 radical (unpaired) electrons. The van der Waals surface area contributed by atoms with E-state index in [2.05, 4.69) is 21.3 Å². The molecule has 0 spiro atoms. The highest BCUT2D eigenvalue weighted by Crippen LogP contribution is 2.32. The molecule has 3 aromatic rings. The first-order chi connectivity index (χ1) is 13.2. The van der Waals surface area contributed by atoms with E-state index in [1.54, 1.807) is 22.7 Å². The predicted octanol–water partition coefficient (Wildman–Crippen LogP) is 4.20. The number of thiazole rings is 1. The van der Waals surface area contributed by atoms with Crippen LogP contribution in [0.15, 0.2) is 41.8 Å². The highest BCUT2D eigenvalue weighted by molar-refractivity contribution is 7.15. The molecule has 7 heteroatoms. The van der Waals surface area contributed by atoms with Gasteiger partial charge in [0.05, 0.1) is 46.6 Å². The zero-order valence-electron chi connectivity index (χ0n) is 15.1. The SMILES string of the molecule is Cc1nc(-c2cccs2)c(CC(=O)Nc2ccccc2N2CCOCC2)s1. The number of aromatic nitrogens is 1. The fraction of sp³-hybridized carbons (Fsp3) is 0.300. The third-order valence-electron chi connectivity index (χ3n) is 4.41. The average Bonchev–Trinajstić information content (AvgIpc) is 3.32. The Bertz CT molecular complexity index is 915. The monoisotopic (exact) mass is 399 g/mol. The number of nitrogens with zero attached hydrogens (tertiary/aromatic N) is 2. The normalized spacial score (nSPS) is 14.3. The predicted molar refractivity (Wildman–Crippen MR) is 112 cm³/mol. The fourth-order valence-electron chi connectivity index (χ4n) is 3.19. The van der Waals surface area contributed by atoms with Crippen LogP contribution >= 0.6 is 22.7 Å². The number of morpholine rings is 1. The Hall–Kier alpha value is -2.22. The fourth-order valence-corrected chi connectivity index (χ4v) is 4.95. The Morgan fingerprint density at radius 1 is 1.22 bits per heavy atom. The van der Waals surface area contributed by atoms with E-state index in [0.29, 0.717) is 19.6 Å². The number of thiophene rings is 1. The van der Waals surface area contributed by atoms with Crippen LogP contribution in [0.4, 0.5) is 11.4 Å². The van der Waals surface area contributed by atoms with Crippen molar-refractivity contribution in [3.8, 4) is 10.6 Å². The van der Waals surface area contributed by atoms with Crippen LogP contribution in [-0.4, -0.2) is 37.2 Å². The maximum atomic E-state index is 12.8. The van der Waals surface area contributed by atoms with Gasteiger partial charge in [-0.15, -0.1) is 22.7 Å². The second-order valence-electron chi connectivity index (χ2n) is 6.32. The van der Waals surface area contributed by atoms with Gasteiger partial charge < -0.3 is 15.0 Å². The molecule has 0 aliphatic carbocycles. The van der Waals surface area contributed by atoms with Crippen LogP contribution in [0.25, 0.3) is 10.6 Å². The molecule has 1 aliphatic heterocycles. The minimum absolute atomic E-state index is 0.0165. The van der Waals surface area contributed by atoms with Crippen LogP contribution in [0.3, 0.4) is 0 Å². The maximum absolute atomic E-state index is 12.8. The summed E-state index contributed by atoms with van der Waals surface area (Å²) in [5.74, 6) is -0.0165. The van der Waals surface area contributed by atoms with E-state index >= 15 is 0 Å². The summed E-state index contributed by atoms with van der Waals surface area (Å²) in [7, 11) is 0. The van der Waals surface area contributed by atoms with Crippen LogP contribution in [0, 0.1) is 6.92 Å². The van der Waals surface area contributed by atoms with Crippen LogP contribution in [0.5, 0.6) is 0 Å². The van der Waals surface area contributed by atoms with Gasteiger partial charge in [-0.05, 0) is 30.5 Å². The minimum atomic E-state index is -0.0165. The molecule has 5 nitrogen and oxygen atoms in total. The molecule has 4 rings (SSSR count). The van der Waals surface area contributed by atoms with Crippen molar-refractivity contribution in [3.05, 3.63) is 51.7 Å². The number of aryl methyl sites for hydroxylation is 1. The molecule has 0 unspecified atom stereocenters. The van der Waals surface area contributed by atoms with Crippen LogP contribution in [-0.2, 0) is 16.0 Å². The van der Waals surface area contributed by atoms with Crippen molar-refractivity contribution >= 4 is 40.0 Å². The smallest absolute Gasteiger partial charge is 0.229 e. The number of amides is 1. The molecule has 3 heterocycles. The number of carbonyl (C=O) groups is 1. The lowest BCUT2D eigenvalue weighted by Gasteiger charge is -2.30. The summed E-state index contributed by atoms with van der Waals surface area (Å²) in [5.41, 5.74) is 2.83. The number of nitrogens with one attached hydrogen (secondary N) is 1. The van der Waals surface area contributed by atoms with Gasteiger partial charge in [0, 0.05) is 18.0 Å². The molecule has 0 bridgehead atoms. The van der Waals surface area contributed by atoms with E-state index in [4.69, 9.17) is 4.74 Å². The molecule has 0 atom stereocenters. The van der Waals surface area contributed by atoms with E-state index in [1.165, 1.54) is 0 Å². The minimum Gasteiger partial charge on any atom is -0.378 e. The average molecular weight is 400 g/mol. The quantitative estimate of drug-likeness (QED) is 0.699. The maximum Gasteiger partial charge on any atom is 0.229 e. The molecule has 0 saturated carbocycles. The van der Waals surface area contributed by atoms with Gasteiger partial charge in [0.15, 0.2) is 0 Å². The van der Waals surface area contributed by atoms with Gasteiger partial charge in [-0.2, -0.15) is 0 Å². The molecular weight excluding hydrogens is 378 g/mol. The summed E-state index contributed by atoms with van der Waals surface area (Å²) in [5, 5.41) is 6.11. The zero-order valence-corrected chi connectivity index (χ0v) is 16.7. The summed E-state index contributed by atoms with van der Waals surface area (Å²) in [6.45, 7) is 5.09. The summed E-state index contributed by atoms with van der Waals surface area (Å²) in [6.07, 6.45) is 0.330. The van der Waals surface area contributed by atoms with Gasteiger partial charge in [0.1, 0.15) is 0 Å². The first-order valence-electron chi connectivity index (χ1n) is 8.92. The molecule has 140 valence electrons. The number of benzene rings is 1. The Kier molecular flexibility index (Phi) is 5.52. The van der Waals surface area contributed by atoms with Gasteiger partial charge in [0.2, 0.25) is 5.91 Å². The van der Waals surface area contributed by atoms with Crippen molar-refractivity contribution in [2.75, 3.05) is 36.5 Å². The second-order valence-corrected chi connectivity index (χ2v) is 8.56. The molecular formula is C20H21N3O2S2. The Morgan fingerprint density at radius 3 is 2.81 bits per heavy atom. The molecule has 1 aromatic carbocycles. The first-order valence-corrected chi connectivity index (χ1v) is 10.6. The summed E-state index contributed by atoms with van der Waals surface area (Å²) >= 11 is 3.24. The Labute approximate surface area is 166 Å². The van der Waals surface area contributed by atoms with Crippen LogP contribution < -0.4 is 10.2 Å². The lowest BCUT2D eigenvalue weighted by molar-refractivity contribution is -0.115. The molecule has 1 amide bonds. The second kappa shape index (κ2) is 8.21. The topological polar surface area (TPSA) is 54.5 Å². The molecule has 27 heavy (non-hydrogen) atoms. The number of hydrogen-bond donors (Lipinski definition) is 1. The lowest BCUT2D eigenvalue weighted by atomic mass is 10.2. The highest BCUT2D eigenvalue weighted by Gasteiger charge is 2.18. The number of anilines is 2. The van der Waals surface area contributed by atoms with E-state index in [-0.39, 0.29) is 5.91 Å². The van der Waals surface area contributed by atoms with Gasteiger partial charge in [-0.25, -0.2) is 4.98 Å². The Balaban J connectivity index is 1.51. The van der Waals surface area contributed by atoms with E-state index < -0.39 is 0 Å². The van der Waals surface area contributed by atoms with Crippen LogP contribution in [0.1, 0.15) is 9.88 Å². The van der Waals surface area contributed by atoms with Crippen molar-refractivity contribution in [2.45, 2.75) is 13.3 Å². The Morgan fingerprint density at radius 2 is 2.04 bits per heavy atom. The summed E-state index contributed by atoms with van der Waals surface area (Å²) < 4.78 is 5.44. The standard InChI is InChI=1S/C20H21N3O2S2/c1-14-21-20(17-7-4-12-26-17)18(27-14)13-19(24)22-15-5-2-3-6-16(15)23-8-10-25-11-9-23/h2-7,12H,8-11,13H2,1H3,(H,22,24). The van der Waals surface area contributed by atoms with Gasteiger partial charge in [0.25, 0.3) is 0 Å². The van der Waals surface area contributed by atoms with Crippen LogP contribution in [0.2, 0.25) is 0 Å². The number of hydrogen-bond acceptors (Lipinski definition) is 6. The van der Waals surface area contributed by atoms with Crippen molar-refractivity contribution in [3.63, 3.8) is 0 Å². The number of para-hydroxylation sites is 2. The van der Waals surface area contributed by atoms with Gasteiger partial charge in [-0.3, -0.25) is 4.79 Å². The zero-order chi connectivity index (χ0) is 18.6. The number of carbonyl (C=O) groups excluding carboxylic acids is 1. The highest BCUT2D eigenvalue weighted by atomic mass is 32.1. The molecule has 1 saturated heterocycles. The van der Waals surface area contributed by atoms with E-state index in [0.717, 1.165) is 44.9 Å². The van der Waals surface area contributed by atoms with Gasteiger partial charge >= 0.3 is 0 Å². The van der Waals surface area contributed by atoms with Crippen molar-refractivity contribution in [2.24, 2.45) is 0 Å². The van der Waals surface area contributed by atoms with E-state index in [9.17, 15) is 4.79 Å². The number of ether oxygens (including phenoxy) is 1. The van der Waals surface area contributed by atoms with Gasteiger partial charge in [-0.1, -0.05) is 18.2 Å². The van der Waals surface area contributed by atoms with Crippen molar-refractivity contribution in [1.82, 2.24) is 4.98 Å². The molecule has 2 aromatic heterocycles. The summed E-state index contributed by atoms with van der Waals surface area (Å²) in [4.78, 5) is 21.8. The number of rotatable bonds is 5. The van der Waals surface area contributed by atoms with Crippen molar-refractivity contribution in [1.29, 1.82) is 0 Å². The lowest BCUT2D eigenvalue weighted by Crippen LogP contribution is -2.36. The van der Waals surface area contributed by atoms with Crippen molar-refractivity contribution < 1.29 is 9.53 Å².